The highest BCUT2D eigenvalue weighted by Gasteiger charge is 2.59. The Morgan fingerprint density at radius 2 is 1.68 bits per heavy atom. The van der Waals surface area contributed by atoms with E-state index in [4.69, 9.17) is 10.2 Å². The van der Waals surface area contributed by atoms with Crippen molar-refractivity contribution in [3.8, 4) is 0 Å². The summed E-state index contributed by atoms with van der Waals surface area (Å²) in [6.45, 7) is 18.5. The second kappa shape index (κ2) is 11.3. The van der Waals surface area contributed by atoms with Gasteiger partial charge in [0.15, 0.2) is 0 Å². The Labute approximate surface area is 229 Å². The second-order valence-electron chi connectivity index (χ2n) is 15.1. The van der Waals surface area contributed by atoms with Crippen LogP contribution in [0.5, 0.6) is 0 Å². The summed E-state index contributed by atoms with van der Waals surface area (Å²) >= 11 is 0. The van der Waals surface area contributed by atoms with E-state index in [-0.39, 0.29) is 5.41 Å². The Kier molecular flexibility index (Phi) is 8.94. The lowest BCUT2D eigenvalue weighted by Crippen LogP contribution is -2.52. The minimum absolute atomic E-state index is 0.232. The summed E-state index contributed by atoms with van der Waals surface area (Å²) in [5.41, 5.74) is 2.85. The summed E-state index contributed by atoms with van der Waals surface area (Å²) in [4.78, 5) is 0. The van der Waals surface area contributed by atoms with Crippen LogP contribution < -0.4 is 0 Å². The number of hydrogen-bond acceptors (Lipinski definition) is 2. The molecule has 1 heterocycles. The molecule has 9 unspecified atom stereocenters. The molecule has 0 radical (unpaired) electrons. The van der Waals surface area contributed by atoms with Crippen molar-refractivity contribution in [1.82, 2.24) is 9.78 Å². The summed E-state index contributed by atoms with van der Waals surface area (Å²) in [6.07, 6.45) is 22.2. The largest absolute Gasteiger partial charge is 0.400 e. The zero-order valence-corrected chi connectivity index (χ0v) is 25.7. The molecule has 5 rings (SSSR count). The lowest BCUT2D eigenvalue weighted by Gasteiger charge is -2.60. The summed E-state index contributed by atoms with van der Waals surface area (Å²) in [5, 5.41) is 11.8. The molecule has 3 heteroatoms. The van der Waals surface area contributed by atoms with Gasteiger partial charge in [-0.3, -0.25) is 4.68 Å². The standard InChI is InChI=1S/C33H56N2.CH4O/c1-8-10-24-11-12-29-26-16-18-33(7)28(13-14-30(33)27(26)15-17-32(29,6)19-24)23(3)21-35-22-25(20-34-35)31(4,5)9-2;1-2/h20,22-24,26-30H,8-19,21H2,1-7H3;2H,1H3. The number of aromatic nitrogens is 2. The molecule has 37 heavy (non-hydrogen) atoms. The molecular formula is C34H60N2O. The van der Waals surface area contributed by atoms with E-state index in [1.54, 1.807) is 6.42 Å². The number of rotatable bonds is 7. The maximum absolute atomic E-state index is 7.00. The molecular weight excluding hydrogens is 452 g/mol. The molecule has 1 N–H and O–H groups in total. The van der Waals surface area contributed by atoms with E-state index in [0.29, 0.717) is 10.8 Å². The smallest absolute Gasteiger partial charge is 0.0527 e. The normalized spacial score (nSPS) is 40.1. The monoisotopic (exact) mass is 512 g/mol. The first-order valence-electron chi connectivity index (χ1n) is 16.1. The van der Waals surface area contributed by atoms with E-state index in [0.717, 1.165) is 55.1 Å². The third-order valence-electron chi connectivity index (χ3n) is 12.8. The molecule has 3 nitrogen and oxygen atoms in total. The van der Waals surface area contributed by atoms with Crippen LogP contribution in [0.3, 0.4) is 0 Å². The van der Waals surface area contributed by atoms with E-state index >= 15 is 0 Å². The lowest BCUT2D eigenvalue weighted by atomic mass is 9.45. The van der Waals surface area contributed by atoms with Gasteiger partial charge < -0.3 is 5.11 Å². The van der Waals surface area contributed by atoms with E-state index < -0.39 is 0 Å². The minimum Gasteiger partial charge on any atom is -0.400 e. The summed E-state index contributed by atoms with van der Waals surface area (Å²) in [5.74, 6) is 6.68. The molecule has 1 aromatic rings. The first-order chi connectivity index (χ1) is 17.6. The van der Waals surface area contributed by atoms with Crippen LogP contribution in [0.15, 0.2) is 12.4 Å². The molecule has 4 aliphatic carbocycles. The average molecular weight is 513 g/mol. The van der Waals surface area contributed by atoms with Crippen LogP contribution in [-0.4, -0.2) is 22.0 Å². The van der Waals surface area contributed by atoms with E-state index in [1.165, 1.54) is 76.2 Å². The summed E-state index contributed by atoms with van der Waals surface area (Å²) < 4.78 is 2.28. The van der Waals surface area contributed by atoms with E-state index in [9.17, 15) is 0 Å². The van der Waals surface area contributed by atoms with Gasteiger partial charge in [-0.1, -0.05) is 67.7 Å². The molecule has 1 aromatic heterocycles. The maximum Gasteiger partial charge on any atom is 0.0527 e. The van der Waals surface area contributed by atoms with Crippen molar-refractivity contribution < 1.29 is 5.11 Å². The van der Waals surface area contributed by atoms with Crippen molar-refractivity contribution >= 4 is 0 Å². The number of aliphatic hydroxyl groups excluding tert-OH is 1. The Morgan fingerprint density at radius 1 is 1.00 bits per heavy atom. The molecule has 0 aliphatic heterocycles. The van der Waals surface area contributed by atoms with E-state index in [2.05, 4.69) is 65.5 Å². The topological polar surface area (TPSA) is 38.0 Å². The van der Waals surface area contributed by atoms with Crippen molar-refractivity contribution in [2.24, 2.45) is 52.3 Å². The number of nitrogens with zero attached hydrogens (tertiary/aromatic N) is 2. The SMILES string of the molecule is CCCC1CCC2C3CCC4(C)C(C(C)Cn5cc(C(C)(C)CC)cn5)CCC4C3CCC2(C)C1.CO. The third kappa shape index (κ3) is 5.33. The fourth-order valence-corrected chi connectivity index (χ4v) is 10.5. The highest BCUT2D eigenvalue weighted by atomic mass is 16.2. The van der Waals surface area contributed by atoms with Gasteiger partial charge in [0.05, 0.1) is 6.20 Å². The quantitative estimate of drug-likeness (QED) is 0.396. The second-order valence-corrected chi connectivity index (χ2v) is 15.1. The van der Waals surface area contributed by atoms with Crippen LogP contribution in [0.4, 0.5) is 0 Å². The first-order valence-corrected chi connectivity index (χ1v) is 16.1. The van der Waals surface area contributed by atoms with Gasteiger partial charge in [0.1, 0.15) is 0 Å². The summed E-state index contributed by atoms with van der Waals surface area (Å²) in [7, 11) is 1.00. The molecule has 0 aromatic carbocycles. The van der Waals surface area contributed by atoms with Crippen LogP contribution in [0, 0.1) is 52.3 Å². The number of aliphatic hydroxyl groups is 1. The number of hydrogen-bond donors (Lipinski definition) is 1. The van der Waals surface area contributed by atoms with Crippen LogP contribution in [0.25, 0.3) is 0 Å². The highest BCUT2D eigenvalue weighted by Crippen LogP contribution is 2.67. The average Bonchev–Trinajstić information content (AvgIpc) is 3.49. The maximum atomic E-state index is 7.00. The zero-order valence-electron chi connectivity index (χ0n) is 25.7. The molecule has 0 amide bonds. The Hall–Kier alpha value is -0.830. The molecule has 212 valence electrons. The number of fused-ring (bicyclic) bond motifs is 5. The van der Waals surface area contributed by atoms with Gasteiger partial charge >= 0.3 is 0 Å². The lowest BCUT2D eigenvalue weighted by molar-refractivity contribution is -0.108. The van der Waals surface area contributed by atoms with Crippen molar-refractivity contribution in [3.05, 3.63) is 18.0 Å². The Bertz CT molecular complexity index is 875. The van der Waals surface area contributed by atoms with Gasteiger partial charge in [0, 0.05) is 19.9 Å². The predicted molar refractivity (Wildman–Crippen MR) is 156 cm³/mol. The summed E-state index contributed by atoms with van der Waals surface area (Å²) in [6, 6.07) is 0. The highest BCUT2D eigenvalue weighted by molar-refractivity contribution is 5.16. The van der Waals surface area contributed by atoms with E-state index in [1.807, 2.05) is 0 Å². The molecule has 4 saturated carbocycles. The fraction of sp³-hybridized carbons (Fsp3) is 0.912. The van der Waals surface area contributed by atoms with Crippen LogP contribution >= 0.6 is 0 Å². The Morgan fingerprint density at radius 3 is 2.38 bits per heavy atom. The Balaban J connectivity index is 0.00000156. The molecule has 4 aliphatic rings. The van der Waals surface area contributed by atoms with Gasteiger partial charge in [-0.05, 0) is 121 Å². The molecule has 0 bridgehead atoms. The zero-order chi connectivity index (χ0) is 27.0. The van der Waals surface area contributed by atoms with Crippen molar-refractivity contribution in [1.29, 1.82) is 0 Å². The third-order valence-corrected chi connectivity index (χ3v) is 12.8. The molecule has 0 saturated heterocycles. The molecule has 9 atom stereocenters. The van der Waals surface area contributed by atoms with Crippen LogP contribution in [0.1, 0.15) is 131 Å². The van der Waals surface area contributed by atoms with Crippen molar-refractivity contribution in [3.63, 3.8) is 0 Å². The van der Waals surface area contributed by atoms with Crippen LogP contribution in [-0.2, 0) is 12.0 Å². The van der Waals surface area contributed by atoms with Gasteiger partial charge in [-0.15, -0.1) is 0 Å². The van der Waals surface area contributed by atoms with Gasteiger partial charge in [-0.25, -0.2) is 0 Å². The molecule has 4 fully saturated rings. The van der Waals surface area contributed by atoms with Crippen LogP contribution in [0.2, 0.25) is 0 Å². The van der Waals surface area contributed by atoms with Gasteiger partial charge in [0.25, 0.3) is 0 Å². The van der Waals surface area contributed by atoms with Gasteiger partial charge in [-0.2, -0.15) is 5.10 Å². The first kappa shape index (κ1) is 29.2. The van der Waals surface area contributed by atoms with Gasteiger partial charge in [0.2, 0.25) is 0 Å². The van der Waals surface area contributed by atoms with Crippen molar-refractivity contribution in [2.45, 2.75) is 137 Å². The predicted octanol–water partition coefficient (Wildman–Crippen LogP) is 8.89. The fourth-order valence-electron chi connectivity index (χ4n) is 10.5. The van der Waals surface area contributed by atoms with Crippen molar-refractivity contribution in [2.75, 3.05) is 7.11 Å². The minimum atomic E-state index is 0.232. The molecule has 0 spiro atoms.